The number of nitrogens with two attached hydrogens (primary N) is 1. The van der Waals surface area contributed by atoms with Crippen molar-refractivity contribution in [3.63, 3.8) is 0 Å². The van der Waals surface area contributed by atoms with Crippen molar-refractivity contribution in [1.82, 2.24) is 5.32 Å². The summed E-state index contributed by atoms with van der Waals surface area (Å²) in [5.74, 6) is 1.06. The van der Waals surface area contributed by atoms with E-state index in [-0.39, 0.29) is 0 Å². The summed E-state index contributed by atoms with van der Waals surface area (Å²) in [4.78, 5) is 0. The summed E-state index contributed by atoms with van der Waals surface area (Å²) in [5.41, 5.74) is 5.58. The second kappa shape index (κ2) is 7.54. The zero-order valence-electron chi connectivity index (χ0n) is 11.2. The lowest BCUT2D eigenvalue weighted by Crippen LogP contribution is -2.43. The lowest BCUT2D eigenvalue weighted by molar-refractivity contribution is 0.305. The molecule has 3 unspecified atom stereocenters. The van der Waals surface area contributed by atoms with Gasteiger partial charge in [-0.15, -0.1) is 0 Å². The van der Waals surface area contributed by atoms with Gasteiger partial charge in [0, 0.05) is 18.5 Å². The third-order valence-corrected chi connectivity index (χ3v) is 3.89. The van der Waals surface area contributed by atoms with Gasteiger partial charge in [0.2, 0.25) is 0 Å². The Morgan fingerprint density at radius 3 is 2.76 bits per heavy atom. The van der Waals surface area contributed by atoms with Crippen molar-refractivity contribution in [2.45, 2.75) is 70.9 Å². The highest BCUT2D eigenvalue weighted by molar-refractivity contribution is 5.80. The normalized spacial score (nSPS) is 28.7. The van der Waals surface area contributed by atoms with Crippen molar-refractivity contribution in [3.8, 4) is 0 Å². The van der Waals surface area contributed by atoms with E-state index in [9.17, 15) is 0 Å². The minimum atomic E-state index is 0.325. The van der Waals surface area contributed by atoms with Gasteiger partial charge < -0.3 is 16.3 Å². The third-order valence-electron chi connectivity index (χ3n) is 3.89. The highest BCUT2D eigenvalue weighted by Crippen LogP contribution is 2.23. The highest BCUT2D eigenvalue weighted by Gasteiger charge is 2.22. The maximum Gasteiger partial charge on any atom is 0.140 e. The number of amidine groups is 1. The quantitative estimate of drug-likeness (QED) is 0.228. The van der Waals surface area contributed by atoms with Gasteiger partial charge in [0.05, 0.1) is 0 Å². The van der Waals surface area contributed by atoms with Crippen LogP contribution in [0.2, 0.25) is 0 Å². The number of nitrogens with one attached hydrogen (secondary N) is 1. The molecule has 0 aromatic carbocycles. The predicted molar refractivity (Wildman–Crippen MR) is 71.3 cm³/mol. The van der Waals surface area contributed by atoms with Gasteiger partial charge in [0.25, 0.3) is 0 Å². The van der Waals surface area contributed by atoms with E-state index in [0.717, 1.165) is 12.3 Å². The molecule has 1 aliphatic carbocycles. The summed E-state index contributed by atoms with van der Waals surface area (Å²) in [5, 5.41) is 15.4. The molecule has 4 heteroatoms. The first-order valence-electron chi connectivity index (χ1n) is 6.89. The minimum Gasteiger partial charge on any atom is -0.409 e. The fraction of sp³-hybridized carbons (Fsp3) is 0.923. The van der Waals surface area contributed by atoms with Crippen LogP contribution in [0.25, 0.3) is 0 Å². The lowest BCUT2D eigenvalue weighted by Gasteiger charge is -2.28. The van der Waals surface area contributed by atoms with E-state index in [2.05, 4.69) is 24.3 Å². The number of hydrogen-bond donors (Lipinski definition) is 3. The molecule has 17 heavy (non-hydrogen) atoms. The van der Waals surface area contributed by atoms with Crippen molar-refractivity contribution in [1.29, 1.82) is 0 Å². The largest absolute Gasteiger partial charge is 0.409 e. The first-order chi connectivity index (χ1) is 8.17. The number of rotatable bonds is 5. The van der Waals surface area contributed by atoms with Crippen LogP contribution >= 0.6 is 0 Å². The first kappa shape index (κ1) is 14.3. The Hall–Kier alpha value is -0.770. The molecule has 0 aromatic heterocycles. The molecule has 4 N–H and O–H groups in total. The molecule has 0 aromatic rings. The van der Waals surface area contributed by atoms with Crippen molar-refractivity contribution in [2.24, 2.45) is 16.8 Å². The van der Waals surface area contributed by atoms with E-state index in [4.69, 9.17) is 10.9 Å². The van der Waals surface area contributed by atoms with E-state index in [1.54, 1.807) is 0 Å². The van der Waals surface area contributed by atoms with Gasteiger partial charge in [-0.2, -0.15) is 0 Å². The molecule has 1 rings (SSSR count). The molecule has 1 fully saturated rings. The van der Waals surface area contributed by atoms with E-state index in [1.165, 1.54) is 32.1 Å². The molecule has 0 saturated heterocycles. The molecule has 0 heterocycles. The van der Waals surface area contributed by atoms with Gasteiger partial charge in [-0.25, -0.2) is 0 Å². The standard InChI is InChI=1S/C13H27N3O/c1-3-11(9-13(14)16-17)15-12-8-6-4-5-7-10(12)2/h10-12,15,17H,3-9H2,1-2H3,(H2,14,16). The zero-order valence-corrected chi connectivity index (χ0v) is 11.2. The summed E-state index contributed by atoms with van der Waals surface area (Å²) in [6.45, 7) is 4.48. The van der Waals surface area contributed by atoms with Crippen LogP contribution in [-0.2, 0) is 0 Å². The molecular weight excluding hydrogens is 214 g/mol. The van der Waals surface area contributed by atoms with Crippen LogP contribution in [0, 0.1) is 5.92 Å². The molecule has 0 radical (unpaired) electrons. The van der Waals surface area contributed by atoms with Crippen LogP contribution in [0.1, 0.15) is 58.8 Å². The molecule has 1 saturated carbocycles. The van der Waals surface area contributed by atoms with Gasteiger partial charge in [-0.05, 0) is 25.2 Å². The van der Waals surface area contributed by atoms with Gasteiger partial charge in [0.15, 0.2) is 0 Å². The molecule has 4 nitrogen and oxygen atoms in total. The Kier molecular flexibility index (Phi) is 6.34. The van der Waals surface area contributed by atoms with E-state index >= 15 is 0 Å². The number of oxime groups is 1. The second-order valence-electron chi connectivity index (χ2n) is 5.29. The van der Waals surface area contributed by atoms with Gasteiger partial charge >= 0.3 is 0 Å². The number of hydrogen-bond acceptors (Lipinski definition) is 3. The summed E-state index contributed by atoms with van der Waals surface area (Å²) in [6, 6.07) is 0.922. The van der Waals surface area contributed by atoms with Crippen LogP contribution in [0.15, 0.2) is 5.16 Å². The molecule has 0 amide bonds. The van der Waals surface area contributed by atoms with Crippen LogP contribution in [0.4, 0.5) is 0 Å². The maximum atomic E-state index is 8.62. The van der Waals surface area contributed by atoms with Gasteiger partial charge in [0.1, 0.15) is 5.84 Å². The van der Waals surface area contributed by atoms with Crippen LogP contribution < -0.4 is 11.1 Å². The molecule has 0 bridgehead atoms. The van der Waals surface area contributed by atoms with Crippen molar-refractivity contribution in [3.05, 3.63) is 0 Å². The second-order valence-corrected chi connectivity index (χ2v) is 5.29. The molecule has 0 aliphatic heterocycles. The monoisotopic (exact) mass is 241 g/mol. The summed E-state index contributed by atoms with van der Waals surface area (Å²) < 4.78 is 0. The smallest absolute Gasteiger partial charge is 0.140 e. The van der Waals surface area contributed by atoms with E-state index < -0.39 is 0 Å². The number of nitrogens with zero attached hydrogens (tertiary/aromatic N) is 1. The fourth-order valence-electron chi connectivity index (χ4n) is 2.66. The molecular formula is C13H27N3O. The summed E-state index contributed by atoms with van der Waals surface area (Å²) >= 11 is 0. The first-order valence-corrected chi connectivity index (χ1v) is 6.89. The van der Waals surface area contributed by atoms with E-state index in [1.807, 2.05) is 0 Å². The predicted octanol–water partition coefficient (Wildman–Crippen LogP) is 2.46. The zero-order chi connectivity index (χ0) is 12.7. The van der Waals surface area contributed by atoms with E-state index in [0.29, 0.717) is 24.3 Å². The summed E-state index contributed by atoms with van der Waals surface area (Å²) in [6.07, 6.45) is 8.26. The van der Waals surface area contributed by atoms with Crippen LogP contribution in [0.5, 0.6) is 0 Å². The van der Waals surface area contributed by atoms with Crippen molar-refractivity contribution < 1.29 is 5.21 Å². The SMILES string of the molecule is CCC(CC(N)=NO)NC1CCCCCC1C. The Balaban J connectivity index is 2.47. The molecule has 100 valence electrons. The minimum absolute atomic E-state index is 0.325. The van der Waals surface area contributed by atoms with Crippen molar-refractivity contribution >= 4 is 5.84 Å². The lowest BCUT2D eigenvalue weighted by atomic mass is 9.95. The third kappa shape index (κ3) is 4.94. The Morgan fingerprint density at radius 1 is 1.41 bits per heavy atom. The average molecular weight is 241 g/mol. The summed E-state index contributed by atoms with van der Waals surface area (Å²) in [7, 11) is 0. The van der Waals surface area contributed by atoms with Crippen LogP contribution in [-0.4, -0.2) is 23.1 Å². The highest BCUT2D eigenvalue weighted by atomic mass is 16.4. The van der Waals surface area contributed by atoms with Crippen LogP contribution in [0.3, 0.4) is 0 Å². The van der Waals surface area contributed by atoms with Gasteiger partial charge in [-0.3, -0.25) is 0 Å². The molecule has 1 aliphatic rings. The Bertz CT molecular complexity index is 243. The Morgan fingerprint density at radius 2 is 2.12 bits per heavy atom. The Labute approximate surface area is 105 Å². The van der Waals surface area contributed by atoms with Gasteiger partial charge in [-0.1, -0.05) is 38.3 Å². The topological polar surface area (TPSA) is 70.6 Å². The fourth-order valence-corrected chi connectivity index (χ4v) is 2.66. The molecule has 3 atom stereocenters. The van der Waals surface area contributed by atoms with Crippen molar-refractivity contribution in [2.75, 3.05) is 0 Å². The maximum absolute atomic E-state index is 8.62. The average Bonchev–Trinajstić information content (AvgIpc) is 2.53. The molecule has 0 spiro atoms.